The van der Waals surface area contributed by atoms with Crippen LogP contribution in [0.3, 0.4) is 0 Å². The summed E-state index contributed by atoms with van der Waals surface area (Å²) in [5, 5.41) is 9.90. The molecule has 1 fully saturated rings. The Hall–Kier alpha value is -2.80. The fourth-order valence-corrected chi connectivity index (χ4v) is 7.54. The van der Waals surface area contributed by atoms with Crippen LogP contribution in [-0.4, -0.2) is 53.6 Å². The molecule has 1 aliphatic rings. The van der Waals surface area contributed by atoms with E-state index in [-0.39, 0.29) is 11.8 Å². The minimum atomic E-state index is -3.49. The molecule has 1 N–H and O–H groups in total. The number of sulfonamides is 1. The molecular formula is C22H23N5O4S3. The summed E-state index contributed by atoms with van der Waals surface area (Å²) in [5.41, 5.74) is 1.58. The number of benzene rings is 1. The molecule has 1 amide bonds. The van der Waals surface area contributed by atoms with E-state index in [0.29, 0.717) is 41.1 Å². The molecule has 1 saturated heterocycles. The summed E-state index contributed by atoms with van der Waals surface area (Å²) < 4.78 is 35.2. The molecule has 0 radical (unpaired) electrons. The lowest BCUT2D eigenvalue weighted by molar-refractivity contribution is -0.120. The smallest absolute Gasteiger partial charge is 0.252 e. The number of nitrogens with one attached hydrogen (secondary N) is 1. The number of piperidine rings is 1. The van der Waals surface area contributed by atoms with Gasteiger partial charge >= 0.3 is 0 Å². The van der Waals surface area contributed by atoms with E-state index in [0.717, 1.165) is 21.7 Å². The van der Waals surface area contributed by atoms with Crippen molar-refractivity contribution in [3.05, 3.63) is 47.5 Å². The molecule has 3 aromatic heterocycles. The second kappa shape index (κ2) is 9.10. The van der Waals surface area contributed by atoms with E-state index in [9.17, 15) is 13.2 Å². The molecule has 34 heavy (non-hydrogen) atoms. The number of carbonyl (C=O) groups is 1. The molecule has 0 aliphatic carbocycles. The van der Waals surface area contributed by atoms with Crippen LogP contribution in [0.1, 0.15) is 18.5 Å². The minimum Gasteiger partial charge on any atom is -0.497 e. The summed E-state index contributed by atoms with van der Waals surface area (Å²) in [6.07, 6.45) is 0.926. The van der Waals surface area contributed by atoms with Crippen LogP contribution in [0.2, 0.25) is 0 Å². The second-order valence-corrected chi connectivity index (χ2v) is 12.1. The van der Waals surface area contributed by atoms with E-state index < -0.39 is 10.0 Å². The average molecular weight is 518 g/mol. The maximum atomic E-state index is 13.0. The predicted octanol–water partition coefficient (Wildman–Crippen LogP) is 3.90. The number of methoxy groups -OCH3 is 1. The Labute approximate surface area is 205 Å². The number of rotatable bonds is 6. The number of anilines is 1. The van der Waals surface area contributed by atoms with Crippen LogP contribution in [0.15, 0.2) is 46.0 Å². The van der Waals surface area contributed by atoms with Crippen molar-refractivity contribution in [3.63, 3.8) is 0 Å². The van der Waals surface area contributed by atoms with Gasteiger partial charge in [-0.15, -0.1) is 11.3 Å². The molecule has 1 aliphatic heterocycles. The lowest BCUT2D eigenvalue weighted by Gasteiger charge is -2.30. The Balaban J connectivity index is 1.30. The van der Waals surface area contributed by atoms with Gasteiger partial charge in [0.25, 0.3) is 10.0 Å². The fourth-order valence-electron chi connectivity index (χ4n) is 3.97. The van der Waals surface area contributed by atoms with Gasteiger partial charge in [-0.2, -0.15) is 14.1 Å². The van der Waals surface area contributed by atoms with Crippen LogP contribution in [0, 0.1) is 12.8 Å². The predicted molar refractivity (Wildman–Crippen MR) is 132 cm³/mol. The van der Waals surface area contributed by atoms with Crippen LogP contribution in [0.4, 0.5) is 5.82 Å². The summed E-state index contributed by atoms with van der Waals surface area (Å²) >= 11 is 2.66. The van der Waals surface area contributed by atoms with Gasteiger partial charge in [-0.1, -0.05) is 17.4 Å². The zero-order valence-electron chi connectivity index (χ0n) is 18.6. The monoisotopic (exact) mass is 517 g/mol. The van der Waals surface area contributed by atoms with Crippen molar-refractivity contribution < 1.29 is 17.9 Å². The third-order valence-corrected chi connectivity index (χ3v) is 10.0. The molecule has 178 valence electrons. The van der Waals surface area contributed by atoms with E-state index in [1.54, 1.807) is 35.4 Å². The molecule has 0 saturated carbocycles. The highest BCUT2D eigenvalue weighted by molar-refractivity contribution is 7.91. The first kappa shape index (κ1) is 23.0. The standard InChI is InChI=1S/C22H23N5O4S3/c1-14-12-19(27(25-14)22-23-17-6-5-16(31-2)13-18(17)33-22)24-21(28)15-7-9-26(10-8-15)34(29,30)20-4-3-11-32-20/h3-6,11-13,15H,7-10H2,1-2H3,(H,24,28). The fraction of sp³-hybridized carbons (Fsp3) is 0.318. The number of thiazole rings is 1. The molecule has 0 spiro atoms. The molecule has 0 atom stereocenters. The van der Waals surface area contributed by atoms with Crippen molar-refractivity contribution in [1.82, 2.24) is 19.1 Å². The topological polar surface area (TPSA) is 106 Å². The number of ether oxygens (including phenoxy) is 1. The SMILES string of the molecule is COc1ccc2nc(-n3nc(C)cc3NC(=O)C3CCN(S(=O)(=O)c4cccs4)CC3)sc2c1. The van der Waals surface area contributed by atoms with Crippen molar-refractivity contribution in [3.8, 4) is 10.9 Å². The first-order valence-electron chi connectivity index (χ1n) is 10.7. The van der Waals surface area contributed by atoms with E-state index in [4.69, 9.17) is 4.74 Å². The third kappa shape index (κ3) is 4.33. The molecule has 4 aromatic rings. The molecule has 1 aromatic carbocycles. The minimum absolute atomic E-state index is 0.142. The molecule has 4 heterocycles. The van der Waals surface area contributed by atoms with Crippen molar-refractivity contribution >= 4 is 54.6 Å². The van der Waals surface area contributed by atoms with Crippen molar-refractivity contribution in [2.24, 2.45) is 5.92 Å². The van der Waals surface area contributed by atoms with Crippen molar-refractivity contribution in [2.75, 3.05) is 25.5 Å². The maximum absolute atomic E-state index is 13.0. The summed E-state index contributed by atoms with van der Waals surface area (Å²) in [4.78, 5) is 17.7. The third-order valence-electron chi connectivity index (χ3n) is 5.76. The Bertz CT molecular complexity index is 1430. The molecular weight excluding hydrogens is 494 g/mol. The summed E-state index contributed by atoms with van der Waals surface area (Å²) in [6.45, 7) is 2.49. The lowest BCUT2D eigenvalue weighted by Crippen LogP contribution is -2.41. The van der Waals surface area contributed by atoms with Gasteiger partial charge in [0.2, 0.25) is 11.0 Å². The summed E-state index contributed by atoms with van der Waals surface area (Å²) in [5.74, 6) is 0.873. The maximum Gasteiger partial charge on any atom is 0.252 e. The van der Waals surface area contributed by atoms with Gasteiger partial charge in [0.15, 0.2) is 0 Å². The average Bonchev–Trinajstić information content (AvgIpc) is 3.58. The molecule has 0 bridgehead atoms. The highest BCUT2D eigenvalue weighted by atomic mass is 32.2. The van der Waals surface area contributed by atoms with Gasteiger partial charge < -0.3 is 10.1 Å². The number of carbonyl (C=O) groups excluding carboxylic acids is 1. The van der Waals surface area contributed by atoms with Crippen LogP contribution >= 0.6 is 22.7 Å². The number of aromatic nitrogens is 3. The van der Waals surface area contributed by atoms with Gasteiger partial charge in [0, 0.05) is 25.1 Å². The normalized spacial score (nSPS) is 15.6. The van der Waals surface area contributed by atoms with E-state index >= 15 is 0 Å². The zero-order chi connectivity index (χ0) is 23.9. The van der Waals surface area contributed by atoms with Gasteiger partial charge in [0.05, 0.1) is 23.0 Å². The number of hydrogen-bond donors (Lipinski definition) is 1. The number of aryl methyl sites for hydroxylation is 1. The van der Waals surface area contributed by atoms with Crippen LogP contribution in [-0.2, 0) is 14.8 Å². The second-order valence-electron chi connectivity index (χ2n) is 8.01. The largest absolute Gasteiger partial charge is 0.497 e. The quantitative estimate of drug-likeness (QED) is 0.416. The first-order chi connectivity index (χ1) is 16.3. The van der Waals surface area contributed by atoms with Gasteiger partial charge in [0.1, 0.15) is 15.8 Å². The molecule has 9 nitrogen and oxygen atoms in total. The number of amides is 1. The van der Waals surface area contributed by atoms with Gasteiger partial charge in [-0.05, 0) is 49.4 Å². The Morgan fingerprint density at radius 3 is 2.71 bits per heavy atom. The summed E-state index contributed by atoms with van der Waals surface area (Å²) in [7, 11) is -1.87. The lowest BCUT2D eigenvalue weighted by atomic mass is 9.97. The van der Waals surface area contributed by atoms with Gasteiger partial charge in [-0.25, -0.2) is 13.4 Å². The number of fused-ring (bicyclic) bond motifs is 1. The first-order valence-corrected chi connectivity index (χ1v) is 13.8. The summed E-state index contributed by atoms with van der Waals surface area (Å²) in [6, 6.07) is 10.8. The Morgan fingerprint density at radius 1 is 1.21 bits per heavy atom. The highest BCUT2D eigenvalue weighted by Gasteiger charge is 2.33. The van der Waals surface area contributed by atoms with Crippen molar-refractivity contribution in [2.45, 2.75) is 24.0 Å². The molecule has 5 rings (SSSR count). The van der Waals surface area contributed by atoms with Gasteiger partial charge in [-0.3, -0.25) is 4.79 Å². The van der Waals surface area contributed by atoms with Crippen LogP contribution in [0.5, 0.6) is 5.75 Å². The number of thiophene rings is 1. The number of hydrogen-bond acceptors (Lipinski definition) is 8. The van der Waals surface area contributed by atoms with Crippen LogP contribution < -0.4 is 10.1 Å². The van der Waals surface area contributed by atoms with E-state index in [1.165, 1.54) is 27.0 Å². The van der Waals surface area contributed by atoms with Crippen molar-refractivity contribution in [1.29, 1.82) is 0 Å². The Kier molecular flexibility index (Phi) is 6.15. The Morgan fingerprint density at radius 2 is 2.00 bits per heavy atom. The zero-order valence-corrected chi connectivity index (χ0v) is 21.0. The van der Waals surface area contributed by atoms with E-state index in [1.807, 2.05) is 25.1 Å². The molecule has 0 unspecified atom stereocenters. The van der Waals surface area contributed by atoms with Crippen LogP contribution in [0.25, 0.3) is 15.3 Å². The highest BCUT2D eigenvalue weighted by Crippen LogP contribution is 2.31. The van der Waals surface area contributed by atoms with E-state index in [2.05, 4.69) is 15.4 Å². The number of nitrogens with zero attached hydrogens (tertiary/aromatic N) is 4. The molecule has 12 heteroatoms.